The highest BCUT2D eigenvalue weighted by Crippen LogP contribution is 2.31. The van der Waals surface area contributed by atoms with Crippen molar-refractivity contribution in [3.8, 4) is 0 Å². The maximum Gasteiger partial charge on any atom is 0.327 e. The topological polar surface area (TPSA) is 97.5 Å². The van der Waals surface area contributed by atoms with E-state index in [0.29, 0.717) is 38.2 Å². The minimum Gasteiger partial charge on any atom is -0.481 e. The summed E-state index contributed by atoms with van der Waals surface area (Å²) >= 11 is 4.66. The van der Waals surface area contributed by atoms with Crippen molar-refractivity contribution in [1.82, 2.24) is 19.9 Å². The number of carboxylic acids is 1. The molecular weight excluding hydrogens is 423 g/mol. The summed E-state index contributed by atoms with van der Waals surface area (Å²) in [5.41, 5.74) is 1.82. The van der Waals surface area contributed by atoms with Gasteiger partial charge in [0, 0.05) is 36.9 Å². The largest absolute Gasteiger partial charge is 0.481 e. The number of carboxylic acid groups (broad SMARTS) is 1. The molecule has 0 aliphatic carbocycles. The number of methoxy groups -OCH3 is 1. The number of esters is 1. The van der Waals surface area contributed by atoms with Gasteiger partial charge in [-0.3, -0.25) is 14.4 Å². The van der Waals surface area contributed by atoms with E-state index < -0.39 is 23.8 Å². The Hall–Kier alpha value is -2.72. The molecule has 2 heterocycles. The molecule has 0 amide bonds. The smallest absolute Gasteiger partial charge is 0.327 e. The number of hydrogen-bond acceptors (Lipinski definition) is 7. The summed E-state index contributed by atoms with van der Waals surface area (Å²) in [6.45, 7) is 1.41. The highest BCUT2D eigenvalue weighted by atomic mass is 32.1. The monoisotopic (exact) mass is 448 g/mol. The number of aryl methyl sites for hydroxylation is 1. The van der Waals surface area contributed by atoms with Gasteiger partial charge in [-0.25, -0.2) is 9.18 Å². The van der Waals surface area contributed by atoms with E-state index in [-0.39, 0.29) is 17.2 Å². The van der Waals surface area contributed by atoms with Gasteiger partial charge in [0.25, 0.3) is 0 Å². The molecule has 1 fully saturated rings. The second kappa shape index (κ2) is 10.5. The molecule has 0 radical (unpaired) electrons. The van der Waals surface area contributed by atoms with Crippen LogP contribution < -0.4 is 0 Å². The van der Waals surface area contributed by atoms with Gasteiger partial charge < -0.3 is 9.84 Å². The number of carbonyl (C=O) groups excluding carboxylic acids is 1. The van der Waals surface area contributed by atoms with Crippen LogP contribution in [0.4, 0.5) is 4.39 Å². The van der Waals surface area contributed by atoms with E-state index in [1.54, 1.807) is 29.1 Å². The fraction of sp³-hybridized carbons (Fsp3) is 0.429. The van der Waals surface area contributed by atoms with E-state index in [4.69, 9.17) is 9.84 Å². The van der Waals surface area contributed by atoms with Crippen LogP contribution in [0.5, 0.6) is 0 Å². The second-order valence-electron chi connectivity index (χ2n) is 7.35. The molecule has 0 spiro atoms. The molecule has 2 aromatic rings. The molecule has 1 aliphatic heterocycles. The average molecular weight is 449 g/mol. The third-order valence-corrected chi connectivity index (χ3v) is 5.75. The van der Waals surface area contributed by atoms with Crippen LogP contribution in [-0.4, -0.2) is 62.4 Å². The first-order valence-corrected chi connectivity index (χ1v) is 10.5. The first-order chi connectivity index (χ1) is 14.9. The van der Waals surface area contributed by atoms with E-state index in [1.807, 2.05) is 11.0 Å². The first kappa shape index (κ1) is 23.0. The first-order valence-electron chi connectivity index (χ1n) is 9.95. The van der Waals surface area contributed by atoms with Gasteiger partial charge in [0.2, 0.25) is 0 Å². The van der Waals surface area contributed by atoms with Crippen LogP contribution in [0.2, 0.25) is 0 Å². The molecule has 166 valence electrons. The highest BCUT2D eigenvalue weighted by molar-refractivity contribution is 7.81. The van der Waals surface area contributed by atoms with Crippen LogP contribution >= 0.6 is 12.6 Å². The Bertz CT molecular complexity index is 964. The fourth-order valence-electron chi connectivity index (χ4n) is 3.61. The lowest BCUT2D eigenvalue weighted by atomic mass is 9.97. The zero-order valence-corrected chi connectivity index (χ0v) is 18.0. The zero-order chi connectivity index (χ0) is 22.4. The van der Waals surface area contributed by atoms with Crippen molar-refractivity contribution in [2.24, 2.45) is 0 Å². The summed E-state index contributed by atoms with van der Waals surface area (Å²) in [6, 6.07) is 5.34. The maximum absolute atomic E-state index is 14.4. The normalized spacial score (nSPS) is 19.3. The van der Waals surface area contributed by atoms with Crippen LogP contribution in [0.25, 0.3) is 6.08 Å². The van der Waals surface area contributed by atoms with Crippen molar-refractivity contribution in [2.75, 3.05) is 20.2 Å². The van der Waals surface area contributed by atoms with E-state index in [2.05, 4.69) is 22.9 Å². The average Bonchev–Trinajstić information content (AvgIpc) is 3.18. The van der Waals surface area contributed by atoms with Gasteiger partial charge in [-0.05, 0) is 30.6 Å². The predicted octanol–water partition coefficient (Wildman–Crippen LogP) is 2.58. The third kappa shape index (κ3) is 5.92. The number of halogens is 1. The Morgan fingerprint density at radius 2 is 2.19 bits per heavy atom. The van der Waals surface area contributed by atoms with Crippen molar-refractivity contribution in [1.29, 1.82) is 0 Å². The number of carbonyl (C=O) groups is 2. The SMILES string of the molecule is COC(=O)C(c1ccccc1F)N1CCC(S)/C(=C\c2cn(CCCC(=O)O)nn2)C1. The van der Waals surface area contributed by atoms with Crippen LogP contribution in [0.15, 0.2) is 36.0 Å². The summed E-state index contributed by atoms with van der Waals surface area (Å²) in [7, 11) is 1.29. The molecule has 1 saturated heterocycles. The molecular formula is C21H25FN4O4S. The van der Waals surface area contributed by atoms with Crippen molar-refractivity contribution in [2.45, 2.75) is 37.1 Å². The maximum atomic E-state index is 14.4. The Morgan fingerprint density at radius 3 is 2.90 bits per heavy atom. The lowest BCUT2D eigenvalue weighted by molar-refractivity contribution is -0.147. The molecule has 2 atom stereocenters. The molecule has 2 unspecified atom stereocenters. The highest BCUT2D eigenvalue weighted by Gasteiger charge is 2.34. The van der Waals surface area contributed by atoms with Gasteiger partial charge in [-0.2, -0.15) is 12.6 Å². The van der Waals surface area contributed by atoms with Crippen molar-refractivity contribution >= 4 is 30.6 Å². The van der Waals surface area contributed by atoms with Crippen LogP contribution in [0, 0.1) is 5.82 Å². The molecule has 31 heavy (non-hydrogen) atoms. The summed E-state index contributed by atoms with van der Waals surface area (Å²) in [4.78, 5) is 25.0. The Kier molecular flexibility index (Phi) is 7.80. The van der Waals surface area contributed by atoms with Gasteiger partial charge in [-0.1, -0.05) is 23.4 Å². The van der Waals surface area contributed by atoms with Crippen LogP contribution in [0.3, 0.4) is 0 Å². The van der Waals surface area contributed by atoms with Crippen molar-refractivity contribution in [3.63, 3.8) is 0 Å². The Balaban J connectivity index is 1.78. The number of benzene rings is 1. The lowest BCUT2D eigenvalue weighted by Crippen LogP contribution is -2.42. The summed E-state index contributed by atoms with van der Waals surface area (Å²) in [5, 5.41) is 16.9. The Morgan fingerprint density at radius 1 is 1.42 bits per heavy atom. The summed E-state index contributed by atoms with van der Waals surface area (Å²) < 4.78 is 21.0. The lowest BCUT2D eigenvalue weighted by Gasteiger charge is -2.36. The quantitative estimate of drug-likeness (QED) is 0.473. The molecule has 0 saturated carbocycles. The molecule has 0 bridgehead atoms. The number of rotatable bonds is 8. The molecule has 1 aromatic heterocycles. The van der Waals surface area contributed by atoms with E-state index in [0.717, 1.165) is 5.57 Å². The molecule has 1 aromatic carbocycles. The number of nitrogens with zero attached hydrogens (tertiary/aromatic N) is 4. The number of thiol groups is 1. The van der Waals surface area contributed by atoms with E-state index in [9.17, 15) is 14.0 Å². The molecule has 10 heteroatoms. The van der Waals surface area contributed by atoms with Gasteiger partial charge in [0.15, 0.2) is 0 Å². The fourth-order valence-corrected chi connectivity index (χ4v) is 3.88. The number of likely N-dealkylation sites (tertiary alicyclic amines) is 1. The number of piperidine rings is 1. The minimum absolute atomic E-state index is 0.0349. The zero-order valence-electron chi connectivity index (χ0n) is 17.1. The van der Waals surface area contributed by atoms with E-state index in [1.165, 1.54) is 13.2 Å². The Labute approximate surface area is 185 Å². The van der Waals surface area contributed by atoms with Crippen molar-refractivity contribution in [3.05, 3.63) is 53.1 Å². The summed E-state index contributed by atoms with van der Waals surface area (Å²) in [6.07, 6.45) is 4.79. The van der Waals surface area contributed by atoms with Gasteiger partial charge in [-0.15, -0.1) is 5.10 Å². The van der Waals surface area contributed by atoms with Gasteiger partial charge >= 0.3 is 11.9 Å². The molecule has 1 N–H and O–H groups in total. The van der Waals surface area contributed by atoms with Gasteiger partial charge in [0.1, 0.15) is 17.6 Å². The van der Waals surface area contributed by atoms with Crippen LogP contribution in [-0.2, 0) is 20.9 Å². The third-order valence-electron chi connectivity index (χ3n) is 5.16. The van der Waals surface area contributed by atoms with Crippen LogP contribution in [0.1, 0.15) is 36.6 Å². The number of aromatic nitrogens is 3. The standard InChI is InChI=1S/C21H25FN4O4S/c1-30-21(29)20(16-5-2-3-6-17(16)22)25-10-8-18(31)14(12-25)11-15-13-26(24-23-15)9-4-7-19(27)28/h2-3,5-6,11,13,18,20,31H,4,7-10,12H2,1H3,(H,27,28)/b14-11-. The predicted molar refractivity (Wildman–Crippen MR) is 115 cm³/mol. The summed E-state index contributed by atoms with van der Waals surface area (Å²) in [5.74, 6) is -1.83. The van der Waals surface area contributed by atoms with E-state index >= 15 is 0 Å². The minimum atomic E-state index is -0.859. The second-order valence-corrected chi connectivity index (χ2v) is 7.97. The van der Waals surface area contributed by atoms with Gasteiger partial charge in [0.05, 0.1) is 13.3 Å². The number of ether oxygens (including phenoxy) is 1. The van der Waals surface area contributed by atoms with Crippen molar-refractivity contribution < 1.29 is 23.8 Å². The number of aliphatic carboxylic acids is 1. The molecule has 1 aliphatic rings. The number of hydrogen-bond donors (Lipinski definition) is 2. The molecule has 8 nitrogen and oxygen atoms in total. The molecule has 3 rings (SSSR count).